The normalized spacial score (nSPS) is 38.6. The van der Waals surface area contributed by atoms with E-state index in [1.54, 1.807) is 26.8 Å². The number of carbonyl (C=O) groups excluding carboxylic acids is 3. The van der Waals surface area contributed by atoms with Gasteiger partial charge in [-0.1, -0.05) is 12.7 Å². The Morgan fingerprint density at radius 2 is 1.93 bits per heavy atom. The maximum atomic E-state index is 12.6. The van der Waals surface area contributed by atoms with Crippen LogP contribution >= 0.6 is 0 Å². The Kier molecular flexibility index (Phi) is 5.68. The van der Waals surface area contributed by atoms with Crippen LogP contribution in [-0.4, -0.2) is 58.1 Å². The van der Waals surface area contributed by atoms with E-state index in [1.165, 1.54) is 13.8 Å². The maximum absolute atomic E-state index is 12.6. The van der Waals surface area contributed by atoms with Gasteiger partial charge in [0.25, 0.3) is 0 Å². The van der Waals surface area contributed by atoms with Gasteiger partial charge in [0.05, 0.1) is 12.0 Å². The first-order valence-electron chi connectivity index (χ1n) is 9.93. The Bertz CT molecular complexity index is 864. The van der Waals surface area contributed by atoms with Gasteiger partial charge in [0.1, 0.15) is 11.7 Å². The molecule has 2 N–H and O–H groups in total. The van der Waals surface area contributed by atoms with Gasteiger partial charge in [0, 0.05) is 24.0 Å². The molecule has 1 saturated carbocycles. The molecule has 7 atom stereocenters. The zero-order chi connectivity index (χ0) is 22.5. The number of aliphatic hydroxyl groups is 2. The van der Waals surface area contributed by atoms with Crippen LogP contribution < -0.4 is 0 Å². The predicted octanol–water partition coefficient (Wildman–Crippen LogP) is 1.36. The monoisotopic (exact) mass is 420 g/mol. The lowest BCUT2D eigenvalue weighted by Crippen LogP contribution is -2.55. The molecule has 3 rings (SSSR count). The van der Waals surface area contributed by atoms with Gasteiger partial charge in [0.2, 0.25) is 0 Å². The fourth-order valence-corrected chi connectivity index (χ4v) is 4.73. The molecule has 164 valence electrons. The second-order valence-electron chi connectivity index (χ2n) is 8.42. The van der Waals surface area contributed by atoms with Crippen LogP contribution in [0.2, 0.25) is 0 Å². The van der Waals surface area contributed by atoms with Crippen LogP contribution in [0.3, 0.4) is 0 Å². The predicted molar refractivity (Wildman–Crippen MR) is 105 cm³/mol. The molecule has 30 heavy (non-hydrogen) atoms. The number of fused-ring (bicyclic) bond motifs is 3. The van der Waals surface area contributed by atoms with Gasteiger partial charge < -0.3 is 24.4 Å². The van der Waals surface area contributed by atoms with Gasteiger partial charge in [-0.25, -0.2) is 9.59 Å². The SMILES string of the molecule is C=C1C(=O)OC2C3=C(C)C(O)CC3C(C)(O)C(OC(C)=O)C(OC(=O)C(C)=CC)C12. The first kappa shape index (κ1) is 22.2. The number of allylic oxidation sites excluding steroid dienone is 1. The van der Waals surface area contributed by atoms with Crippen molar-refractivity contribution in [1.82, 2.24) is 0 Å². The van der Waals surface area contributed by atoms with Crippen LogP contribution in [-0.2, 0) is 28.6 Å². The summed E-state index contributed by atoms with van der Waals surface area (Å²) in [6.07, 6.45) is -2.51. The number of esters is 3. The summed E-state index contributed by atoms with van der Waals surface area (Å²) in [5.74, 6) is -3.55. The Morgan fingerprint density at radius 3 is 2.50 bits per heavy atom. The van der Waals surface area contributed by atoms with Crippen molar-refractivity contribution in [2.45, 2.75) is 71.1 Å². The largest absolute Gasteiger partial charge is 0.455 e. The molecule has 1 aliphatic heterocycles. The molecule has 0 aromatic rings. The first-order valence-corrected chi connectivity index (χ1v) is 9.93. The van der Waals surface area contributed by atoms with Crippen LogP contribution in [0.4, 0.5) is 0 Å². The van der Waals surface area contributed by atoms with Gasteiger partial charge in [-0.15, -0.1) is 0 Å². The van der Waals surface area contributed by atoms with Crippen LogP contribution in [0.15, 0.2) is 34.9 Å². The molecule has 8 nitrogen and oxygen atoms in total. The standard InChI is InChI=1S/C22H28O8/c1-7-9(2)20(25)30-18-16-11(4)21(26)29-17(16)15-10(3)14(24)8-13(15)22(6,27)19(18)28-12(5)23/h7,13-14,16-19,24,27H,4,8H2,1-3,5-6H3. The van der Waals surface area contributed by atoms with Crippen molar-refractivity contribution in [3.63, 3.8) is 0 Å². The van der Waals surface area contributed by atoms with Crippen molar-refractivity contribution in [2.75, 3.05) is 0 Å². The molecule has 7 unspecified atom stereocenters. The highest BCUT2D eigenvalue weighted by molar-refractivity contribution is 5.92. The van der Waals surface area contributed by atoms with Crippen LogP contribution in [0.5, 0.6) is 0 Å². The van der Waals surface area contributed by atoms with Crippen molar-refractivity contribution in [3.05, 3.63) is 34.9 Å². The highest BCUT2D eigenvalue weighted by atomic mass is 16.6. The number of hydrogen-bond acceptors (Lipinski definition) is 8. The first-order chi connectivity index (χ1) is 13.9. The fourth-order valence-electron chi connectivity index (χ4n) is 4.73. The fraction of sp³-hybridized carbons (Fsp3) is 0.591. The van der Waals surface area contributed by atoms with Gasteiger partial charge in [-0.2, -0.15) is 0 Å². The molecule has 2 aliphatic carbocycles. The summed E-state index contributed by atoms with van der Waals surface area (Å²) in [6.45, 7) is 11.4. The Balaban J connectivity index is 2.21. The van der Waals surface area contributed by atoms with Crippen molar-refractivity contribution in [3.8, 4) is 0 Å². The van der Waals surface area contributed by atoms with Crippen LogP contribution in [0.1, 0.15) is 41.0 Å². The molecule has 0 amide bonds. The minimum absolute atomic E-state index is 0.0613. The zero-order valence-corrected chi connectivity index (χ0v) is 17.8. The van der Waals surface area contributed by atoms with Crippen molar-refractivity contribution in [2.24, 2.45) is 11.8 Å². The number of aliphatic hydroxyl groups excluding tert-OH is 1. The van der Waals surface area contributed by atoms with E-state index in [-0.39, 0.29) is 12.0 Å². The van der Waals surface area contributed by atoms with E-state index in [0.717, 1.165) is 0 Å². The van der Waals surface area contributed by atoms with E-state index in [9.17, 15) is 24.6 Å². The van der Waals surface area contributed by atoms with Crippen molar-refractivity contribution < 1.29 is 38.8 Å². The lowest BCUT2D eigenvalue weighted by atomic mass is 9.79. The Hall–Kier alpha value is -2.45. The summed E-state index contributed by atoms with van der Waals surface area (Å²) in [6, 6.07) is 0. The Labute approximate surface area is 175 Å². The maximum Gasteiger partial charge on any atom is 0.334 e. The summed E-state index contributed by atoms with van der Waals surface area (Å²) in [5, 5.41) is 22.0. The van der Waals surface area contributed by atoms with E-state index in [1.807, 2.05) is 0 Å². The highest BCUT2D eigenvalue weighted by Crippen LogP contribution is 2.53. The lowest BCUT2D eigenvalue weighted by molar-refractivity contribution is -0.195. The van der Waals surface area contributed by atoms with Gasteiger partial charge in [-0.05, 0) is 45.3 Å². The molecule has 0 spiro atoms. The van der Waals surface area contributed by atoms with Crippen LogP contribution in [0.25, 0.3) is 0 Å². The van der Waals surface area contributed by atoms with Gasteiger partial charge in [-0.3, -0.25) is 4.79 Å². The average Bonchev–Trinajstić information content (AvgIpc) is 3.11. The van der Waals surface area contributed by atoms with Gasteiger partial charge in [0.15, 0.2) is 12.2 Å². The van der Waals surface area contributed by atoms with Crippen LogP contribution in [0, 0.1) is 11.8 Å². The zero-order valence-electron chi connectivity index (χ0n) is 17.8. The molecule has 3 aliphatic rings. The third-order valence-electron chi connectivity index (χ3n) is 6.55. The molecular weight excluding hydrogens is 392 g/mol. The lowest BCUT2D eigenvalue weighted by Gasteiger charge is -2.39. The summed E-state index contributed by atoms with van der Waals surface area (Å²) in [4.78, 5) is 37.0. The quantitative estimate of drug-likeness (QED) is 0.304. The summed E-state index contributed by atoms with van der Waals surface area (Å²) in [5.41, 5.74) is -0.185. The summed E-state index contributed by atoms with van der Waals surface area (Å²) in [7, 11) is 0. The topological polar surface area (TPSA) is 119 Å². The summed E-state index contributed by atoms with van der Waals surface area (Å²) < 4.78 is 16.8. The third kappa shape index (κ3) is 3.37. The molecule has 0 radical (unpaired) electrons. The molecule has 8 heteroatoms. The average molecular weight is 420 g/mol. The third-order valence-corrected chi connectivity index (χ3v) is 6.55. The molecule has 0 aromatic carbocycles. The van der Waals surface area contributed by atoms with Gasteiger partial charge >= 0.3 is 17.9 Å². The molecular formula is C22H28O8. The number of ether oxygens (including phenoxy) is 3. The number of hydrogen-bond donors (Lipinski definition) is 2. The molecule has 1 saturated heterocycles. The minimum Gasteiger partial charge on any atom is -0.455 e. The molecule has 0 bridgehead atoms. The molecule has 0 aromatic heterocycles. The molecule has 1 heterocycles. The van der Waals surface area contributed by atoms with E-state index in [4.69, 9.17) is 14.2 Å². The smallest absolute Gasteiger partial charge is 0.334 e. The summed E-state index contributed by atoms with van der Waals surface area (Å²) >= 11 is 0. The highest BCUT2D eigenvalue weighted by Gasteiger charge is 2.63. The minimum atomic E-state index is -1.70. The van der Waals surface area contributed by atoms with E-state index < -0.39 is 59.8 Å². The van der Waals surface area contributed by atoms with Crippen molar-refractivity contribution in [1.29, 1.82) is 0 Å². The molecule has 2 fully saturated rings. The van der Waals surface area contributed by atoms with E-state index >= 15 is 0 Å². The number of rotatable bonds is 3. The second-order valence-corrected chi connectivity index (χ2v) is 8.42. The second kappa shape index (κ2) is 7.67. The van der Waals surface area contributed by atoms with E-state index in [2.05, 4.69) is 6.58 Å². The van der Waals surface area contributed by atoms with E-state index in [0.29, 0.717) is 16.7 Å². The number of carbonyl (C=O) groups is 3. The Morgan fingerprint density at radius 1 is 1.30 bits per heavy atom. The van der Waals surface area contributed by atoms with Crippen molar-refractivity contribution >= 4 is 17.9 Å².